The van der Waals surface area contributed by atoms with Crippen molar-refractivity contribution in [2.75, 3.05) is 42.5 Å². The molecule has 2 aromatic rings. The third kappa shape index (κ3) is 4.62. The molecule has 6 rings (SSSR count). The first-order valence-electron chi connectivity index (χ1n) is 14.3. The van der Waals surface area contributed by atoms with E-state index >= 15 is 0 Å². The summed E-state index contributed by atoms with van der Waals surface area (Å²) in [6, 6.07) is 5.05. The van der Waals surface area contributed by atoms with Gasteiger partial charge in [-0.05, 0) is 70.6 Å². The standard InChI is InChI=1S/C29H38FN7O2/c1-4-35(18(2)3)28(38)23-14-20(30)6-8-24(23)37-12-11-36(27-25(37)15-31-17-32-27)22-9-10-34(16-22)29(39)26-19-5-7-21(13-19)33-26/h6,8,14-15,17-19,21-22,26,33H,4-5,7,9-13,16H2,1-3H3. The number of likely N-dealkylation sites (tertiary alicyclic amines) is 1. The van der Waals surface area contributed by atoms with Gasteiger partial charge in [-0.2, -0.15) is 0 Å². The van der Waals surface area contributed by atoms with Gasteiger partial charge in [0.05, 0.1) is 23.5 Å². The van der Waals surface area contributed by atoms with Crippen LogP contribution in [0.1, 0.15) is 56.8 Å². The topological polar surface area (TPSA) is 84.9 Å². The van der Waals surface area contributed by atoms with Crippen molar-refractivity contribution in [1.82, 2.24) is 25.1 Å². The van der Waals surface area contributed by atoms with Crippen LogP contribution in [-0.2, 0) is 4.79 Å². The fourth-order valence-electron chi connectivity index (χ4n) is 7.11. The van der Waals surface area contributed by atoms with E-state index in [9.17, 15) is 14.0 Å². The second-order valence-corrected chi connectivity index (χ2v) is 11.6. The number of hydrogen-bond donors (Lipinski definition) is 1. The number of amides is 2. The Bertz CT molecular complexity index is 1260. The number of fused-ring (bicyclic) bond motifs is 3. The minimum absolute atomic E-state index is 0.00582. The summed E-state index contributed by atoms with van der Waals surface area (Å²) in [7, 11) is 0. The summed E-state index contributed by atoms with van der Waals surface area (Å²) >= 11 is 0. The highest BCUT2D eigenvalue weighted by molar-refractivity contribution is 6.01. The molecule has 2 bridgehead atoms. The van der Waals surface area contributed by atoms with Crippen molar-refractivity contribution in [3.63, 3.8) is 0 Å². The van der Waals surface area contributed by atoms with Crippen molar-refractivity contribution in [1.29, 1.82) is 0 Å². The zero-order valence-electron chi connectivity index (χ0n) is 23.0. The van der Waals surface area contributed by atoms with Gasteiger partial charge in [-0.15, -0.1) is 0 Å². The van der Waals surface area contributed by atoms with Crippen molar-refractivity contribution in [3.05, 3.63) is 42.1 Å². The van der Waals surface area contributed by atoms with Crippen molar-refractivity contribution < 1.29 is 14.0 Å². The first kappa shape index (κ1) is 26.0. The van der Waals surface area contributed by atoms with E-state index in [4.69, 9.17) is 0 Å². The number of benzene rings is 1. The van der Waals surface area contributed by atoms with Crippen LogP contribution in [0.25, 0.3) is 0 Å². The molecular formula is C29H38FN7O2. The normalized spacial score (nSPS) is 25.9. The number of halogens is 1. The summed E-state index contributed by atoms with van der Waals surface area (Å²) in [5.74, 6) is 0.872. The zero-order valence-corrected chi connectivity index (χ0v) is 23.0. The molecule has 39 heavy (non-hydrogen) atoms. The number of nitrogens with one attached hydrogen (secondary N) is 1. The minimum atomic E-state index is -0.439. The largest absolute Gasteiger partial charge is 0.348 e. The first-order valence-corrected chi connectivity index (χ1v) is 14.3. The maximum Gasteiger partial charge on any atom is 0.256 e. The van der Waals surface area contributed by atoms with E-state index in [2.05, 4.69) is 20.2 Å². The van der Waals surface area contributed by atoms with E-state index in [0.717, 1.165) is 37.3 Å². The van der Waals surface area contributed by atoms with Gasteiger partial charge >= 0.3 is 0 Å². The fourth-order valence-corrected chi connectivity index (χ4v) is 7.11. The van der Waals surface area contributed by atoms with E-state index in [-0.39, 0.29) is 29.9 Å². The van der Waals surface area contributed by atoms with Gasteiger partial charge in [0.2, 0.25) is 5.91 Å². The van der Waals surface area contributed by atoms with Gasteiger partial charge in [-0.3, -0.25) is 9.59 Å². The van der Waals surface area contributed by atoms with E-state index in [0.29, 0.717) is 49.4 Å². The van der Waals surface area contributed by atoms with Crippen LogP contribution in [-0.4, -0.2) is 88.5 Å². The predicted molar refractivity (Wildman–Crippen MR) is 148 cm³/mol. The lowest BCUT2D eigenvalue weighted by molar-refractivity contribution is -0.133. The van der Waals surface area contributed by atoms with Gasteiger partial charge in [0, 0.05) is 50.8 Å². The molecule has 4 aliphatic rings. The van der Waals surface area contributed by atoms with Crippen molar-refractivity contribution in [3.8, 4) is 0 Å². The number of aromatic nitrogens is 2. The SMILES string of the molecule is CCN(C(=O)c1cc(F)ccc1N1CCN(C2CCN(C(=O)C3NC4CCC3C4)C2)c2ncncc21)C(C)C. The highest BCUT2D eigenvalue weighted by atomic mass is 19.1. The molecule has 3 fully saturated rings. The van der Waals surface area contributed by atoms with Gasteiger partial charge in [-0.1, -0.05) is 0 Å². The van der Waals surface area contributed by atoms with Gasteiger partial charge in [-0.25, -0.2) is 14.4 Å². The Hall–Kier alpha value is -3.27. The summed E-state index contributed by atoms with van der Waals surface area (Å²) < 4.78 is 14.4. The van der Waals surface area contributed by atoms with E-state index in [1.807, 2.05) is 30.6 Å². The monoisotopic (exact) mass is 535 g/mol. The number of piperidine rings is 1. The molecule has 208 valence electrons. The second-order valence-electron chi connectivity index (χ2n) is 11.6. The average molecular weight is 536 g/mol. The van der Waals surface area contributed by atoms with Crippen molar-refractivity contribution in [2.24, 2.45) is 5.92 Å². The molecule has 0 spiro atoms. The fraction of sp³-hybridized carbons (Fsp3) is 0.586. The van der Waals surface area contributed by atoms with Gasteiger partial charge in [0.1, 0.15) is 17.8 Å². The van der Waals surface area contributed by atoms with E-state index in [1.165, 1.54) is 18.6 Å². The first-order chi connectivity index (χ1) is 18.9. The molecule has 2 amide bonds. The van der Waals surface area contributed by atoms with Gasteiger partial charge in [0.15, 0.2) is 5.82 Å². The van der Waals surface area contributed by atoms with Crippen LogP contribution in [0.4, 0.5) is 21.6 Å². The van der Waals surface area contributed by atoms with Crippen LogP contribution < -0.4 is 15.1 Å². The van der Waals surface area contributed by atoms with Crippen LogP contribution in [0.15, 0.2) is 30.7 Å². The molecule has 1 N–H and O–H groups in total. The smallest absolute Gasteiger partial charge is 0.256 e. The number of carbonyl (C=O) groups excluding carboxylic acids is 2. The van der Waals surface area contributed by atoms with Crippen molar-refractivity contribution >= 4 is 29.0 Å². The van der Waals surface area contributed by atoms with Crippen LogP contribution in [0.5, 0.6) is 0 Å². The zero-order chi connectivity index (χ0) is 27.3. The van der Waals surface area contributed by atoms with Gasteiger partial charge in [0.25, 0.3) is 5.91 Å². The molecule has 0 radical (unpaired) electrons. The van der Waals surface area contributed by atoms with Gasteiger partial charge < -0.3 is 24.9 Å². The Morgan fingerprint density at radius 3 is 2.72 bits per heavy atom. The molecule has 4 atom stereocenters. The molecule has 9 nitrogen and oxygen atoms in total. The summed E-state index contributed by atoms with van der Waals surface area (Å²) in [6.07, 6.45) is 7.66. The number of hydrogen-bond acceptors (Lipinski definition) is 7. The Balaban J connectivity index is 1.25. The molecule has 10 heteroatoms. The highest BCUT2D eigenvalue weighted by Gasteiger charge is 2.46. The third-order valence-electron chi connectivity index (χ3n) is 9.05. The summed E-state index contributed by atoms with van der Waals surface area (Å²) in [5.41, 5.74) is 1.78. The van der Waals surface area contributed by atoms with Crippen molar-refractivity contribution in [2.45, 2.75) is 70.6 Å². The molecule has 4 heterocycles. The van der Waals surface area contributed by atoms with E-state index < -0.39 is 5.82 Å². The second kappa shape index (κ2) is 10.4. The molecule has 1 aromatic heterocycles. The van der Waals surface area contributed by atoms with Crippen LogP contribution >= 0.6 is 0 Å². The Morgan fingerprint density at radius 2 is 2.00 bits per heavy atom. The lowest BCUT2D eigenvalue weighted by atomic mass is 9.99. The quantitative estimate of drug-likeness (QED) is 0.608. The van der Waals surface area contributed by atoms with Crippen LogP contribution in [0.2, 0.25) is 0 Å². The molecular weight excluding hydrogens is 497 g/mol. The molecule has 1 aliphatic carbocycles. The summed E-state index contributed by atoms with van der Waals surface area (Å²) in [6.45, 7) is 9.09. The van der Waals surface area contributed by atoms with E-state index in [1.54, 1.807) is 23.5 Å². The predicted octanol–water partition coefficient (Wildman–Crippen LogP) is 3.19. The Labute approximate surface area is 229 Å². The highest BCUT2D eigenvalue weighted by Crippen LogP contribution is 2.40. The summed E-state index contributed by atoms with van der Waals surface area (Å²) in [5, 5.41) is 3.55. The Morgan fingerprint density at radius 1 is 1.15 bits per heavy atom. The molecule has 4 unspecified atom stereocenters. The lowest BCUT2D eigenvalue weighted by Crippen LogP contribution is -2.50. The Kier molecular flexibility index (Phi) is 6.91. The minimum Gasteiger partial charge on any atom is -0.348 e. The maximum atomic E-state index is 14.4. The number of carbonyl (C=O) groups is 2. The number of anilines is 3. The third-order valence-corrected chi connectivity index (χ3v) is 9.05. The van der Waals surface area contributed by atoms with Crippen LogP contribution in [0, 0.1) is 11.7 Å². The lowest BCUT2D eigenvalue weighted by Gasteiger charge is -2.41. The molecule has 2 saturated heterocycles. The molecule has 3 aliphatic heterocycles. The number of rotatable bonds is 6. The number of nitrogens with zero attached hydrogens (tertiary/aromatic N) is 6. The summed E-state index contributed by atoms with van der Waals surface area (Å²) in [4.78, 5) is 43.9. The van der Waals surface area contributed by atoms with Crippen LogP contribution in [0.3, 0.4) is 0 Å². The maximum absolute atomic E-state index is 14.4. The molecule has 1 saturated carbocycles. The average Bonchev–Trinajstić information content (AvgIpc) is 3.70. The molecule has 1 aromatic carbocycles.